The molecule has 0 saturated heterocycles. The monoisotopic (exact) mass is 392 g/mol. The van der Waals surface area contributed by atoms with Crippen molar-refractivity contribution in [2.45, 2.75) is 76.8 Å². The molecule has 0 radical (unpaired) electrons. The van der Waals surface area contributed by atoms with Gasteiger partial charge in [-0.25, -0.2) is 0 Å². The second-order valence-corrected chi connectivity index (χ2v) is 11.8. The minimum absolute atomic E-state index is 0.285. The fraction of sp³-hybridized carbons (Fsp3) is 0.556. The van der Waals surface area contributed by atoms with E-state index < -0.39 is 0 Å². The Kier molecular flexibility index (Phi) is 7.25. The molecule has 0 aromatic heterocycles. The van der Waals surface area contributed by atoms with Crippen LogP contribution in [0.3, 0.4) is 0 Å². The number of benzene rings is 2. The lowest BCUT2D eigenvalue weighted by atomic mass is 9.71. The topological polar surface area (TPSA) is 0 Å². The first-order chi connectivity index (χ1) is 13.8. The van der Waals surface area contributed by atoms with Crippen molar-refractivity contribution in [1.82, 2.24) is 0 Å². The predicted octanol–water partition coefficient (Wildman–Crippen LogP) is 7.28. The molecule has 1 unspecified atom stereocenters. The van der Waals surface area contributed by atoms with Gasteiger partial charge in [0.1, 0.15) is 0 Å². The third kappa shape index (κ3) is 4.88. The highest BCUT2D eigenvalue weighted by molar-refractivity contribution is 7.73. The highest BCUT2D eigenvalue weighted by atomic mass is 31.1. The lowest BCUT2D eigenvalue weighted by molar-refractivity contribution is 0.176. The Balaban J connectivity index is 1.58. The van der Waals surface area contributed by atoms with Gasteiger partial charge in [-0.3, -0.25) is 0 Å². The molecule has 3 atom stereocenters. The van der Waals surface area contributed by atoms with Crippen LogP contribution in [-0.2, 0) is 0 Å². The molecule has 0 bridgehead atoms. The molecule has 1 heteroatoms. The van der Waals surface area contributed by atoms with Crippen LogP contribution in [-0.4, -0.2) is 5.66 Å². The largest absolute Gasteiger partial charge is 0.0622 e. The highest BCUT2D eigenvalue weighted by Gasteiger charge is 2.35. The maximum absolute atomic E-state index is 2.59. The summed E-state index contributed by atoms with van der Waals surface area (Å²) in [5.41, 5.74) is 0.772. The van der Waals surface area contributed by atoms with Crippen LogP contribution in [0.2, 0.25) is 0 Å². The smallest absolute Gasteiger partial charge is 0.0126 e. The summed E-state index contributed by atoms with van der Waals surface area (Å²) in [6.07, 6.45) is 14.8. The van der Waals surface area contributed by atoms with Crippen LogP contribution >= 0.6 is 7.92 Å². The second kappa shape index (κ2) is 10.1. The van der Waals surface area contributed by atoms with Crippen LogP contribution in [0, 0.1) is 17.8 Å². The van der Waals surface area contributed by atoms with Gasteiger partial charge in [0.2, 0.25) is 0 Å². The van der Waals surface area contributed by atoms with E-state index in [4.69, 9.17) is 0 Å². The van der Waals surface area contributed by atoms with Crippen molar-refractivity contribution in [3.05, 3.63) is 60.7 Å². The molecule has 2 aliphatic carbocycles. The fourth-order valence-electron chi connectivity index (χ4n) is 6.00. The SMILES string of the molecule is CC([C@H]1CCCC[C@@H]1CC1CCCCC1)P(c1ccccc1)c1ccccc1. The Morgan fingerprint density at radius 2 is 1.25 bits per heavy atom. The van der Waals surface area contributed by atoms with Gasteiger partial charge < -0.3 is 0 Å². The third-order valence-corrected chi connectivity index (χ3v) is 10.3. The van der Waals surface area contributed by atoms with Crippen molar-refractivity contribution in [2.24, 2.45) is 17.8 Å². The average Bonchev–Trinajstić information content (AvgIpc) is 2.76. The molecule has 4 rings (SSSR count). The molecule has 2 aliphatic rings. The van der Waals surface area contributed by atoms with E-state index in [1.807, 2.05) is 0 Å². The Morgan fingerprint density at radius 3 is 1.86 bits per heavy atom. The maximum Gasteiger partial charge on any atom is -0.0126 e. The minimum Gasteiger partial charge on any atom is -0.0622 e. The minimum atomic E-state index is -0.285. The fourth-order valence-corrected chi connectivity index (χ4v) is 9.00. The van der Waals surface area contributed by atoms with E-state index in [1.165, 1.54) is 64.2 Å². The maximum atomic E-state index is 2.59. The summed E-state index contributed by atoms with van der Waals surface area (Å²) in [7, 11) is -0.285. The summed E-state index contributed by atoms with van der Waals surface area (Å²) in [4.78, 5) is 0. The van der Waals surface area contributed by atoms with Gasteiger partial charge in [0.25, 0.3) is 0 Å². The van der Waals surface area contributed by atoms with Crippen LogP contribution < -0.4 is 10.6 Å². The molecule has 0 heterocycles. The Morgan fingerprint density at radius 1 is 0.714 bits per heavy atom. The first kappa shape index (κ1) is 20.2. The summed E-state index contributed by atoms with van der Waals surface area (Å²) in [5.74, 6) is 2.89. The Bertz CT molecular complexity index is 649. The number of hydrogen-bond acceptors (Lipinski definition) is 0. The van der Waals surface area contributed by atoms with Crippen molar-refractivity contribution >= 4 is 18.5 Å². The van der Waals surface area contributed by atoms with Gasteiger partial charge in [-0.2, -0.15) is 0 Å². The molecule has 0 amide bonds. The van der Waals surface area contributed by atoms with Crippen LogP contribution in [0.1, 0.15) is 71.1 Å². The van der Waals surface area contributed by atoms with Crippen molar-refractivity contribution in [2.75, 3.05) is 0 Å². The zero-order valence-electron chi connectivity index (χ0n) is 17.6. The zero-order valence-corrected chi connectivity index (χ0v) is 18.5. The standard InChI is InChI=1S/C27H37P/c1-22(27-20-12-11-15-24(27)21-23-13-5-2-6-14-23)28(25-16-7-3-8-17-25)26-18-9-4-10-19-26/h3-4,7-10,16-19,22-24,27H,2,5-6,11-15,20-21H2,1H3/t22?,24-,27-/m1/s1. The first-order valence-electron chi connectivity index (χ1n) is 11.7. The highest BCUT2D eigenvalue weighted by Crippen LogP contribution is 2.50. The third-order valence-electron chi connectivity index (χ3n) is 7.42. The second-order valence-electron chi connectivity index (χ2n) is 9.23. The van der Waals surface area contributed by atoms with Crippen molar-refractivity contribution < 1.29 is 0 Å². The molecule has 2 aromatic carbocycles. The molecule has 2 saturated carbocycles. The van der Waals surface area contributed by atoms with Crippen molar-refractivity contribution in [3.8, 4) is 0 Å². The normalized spacial score (nSPS) is 24.9. The molecule has 0 nitrogen and oxygen atoms in total. The van der Waals surface area contributed by atoms with Crippen molar-refractivity contribution in [3.63, 3.8) is 0 Å². The number of rotatable bonds is 6. The summed E-state index contributed by atoms with van der Waals surface area (Å²) in [6, 6.07) is 22.8. The van der Waals surface area contributed by atoms with E-state index in [2.05, 4.69) is 67.6 Å². The van der Waals surface area contributed by atoms with Crippen LogP contribution in [0.5, 0.6) is 0 Å². The van der Waals surface area contributed by atoms with E-state index in [1.54, 1.807) is 10.6 Å². The quantitative estimate of drug-likeness (QED) is 0.453. The molecule has 28 heavy (non-hydrogen) atoms. The van der Waals surface area contributed by atoms with Gasteiger partial charge >= 0.3 is 0 Å². The van der Waals surface area contributed by atoms with Crippen LogP contribution in [0.4, 0.5) is 0 Å². The molecule has 0 aliphatic heterocycles. The van der Waals surface area contributed by atoms with E-state index >= 15 is 0 Å². The molecular formula is C27H37P. The summed E-state index contributed by atoms with van der Waals surface area (Å²) in [5, 5.41) is 3.14. The van der Waals surface area contributed by atoms with Crippen molar-refractivity contribution in [1.29, 1.82) is 0 Å². The van der Waals surface area contributed by atoms with Gasteiger partial charge in [0.05, 0.1) is 0 Å². The van der Waals surface area contributed by atoms with Gasteiger partial charge in [0.15, 0.2) is 0 Å². The van der Waals surface area contributed by atoms with Gasteiger partial charge in [-0.15, -0.1) is 0 Å². The predicted molar refractivity (Wildman–Crippen MR) is 125 cm³/mol. The van der Waals surface area contributed by atoms with E-state index in [-0.39, 0.29) is 7.92 Å². The van der Waals surface area contributed by atoms with Gasteiger partial charge in [-0.1, -0.05) is 119 Å². The zero-order chi connectivity index (χ0) is 19.2. The Hall–Kier alpha value is -1.13. The number of hydrogen-bond donors (Lipinski definition) is 0. The average molecular weight is 393 g/mol. The molecular weight excluding hydrogens is 355 g/mol. The van der Waals surface area contributed by atoms with E-state index in [9.17, 15) is 0 Å². The summed E-state index contributed by atoms with van der Waals surface area (Å²) in [6.45, 7) is 2.59. The lowest BCUT2D eigenvalue weighted by Crippen LogP contribution is -2.33. The molecule has 0 N–H and O–H groups in total. The first-order valence-corrected chi connectivity index (χ1v) is 13.1. The summed E-state index contributed by atoms with van der Waals surface area (Å²) < 4.78 is 0. The summed E-state index contributed by atoms with van der Waals surface area (Å²) >= 11 is 0. The van der Waals surface area contributed by atoms with Gasteiger partial charge in [0, 0.05) is 0 Å². The van der Waals surface area contributed by atoms with E-state index in [0.29, 0.717) is 0 Å². The Labute approximate surface area is 173 Å². The van der Waals surface area contributed by atoms with Crippen LogP contribution in [0.25, 0.3) is 0 Å². The molecule has 2 aromatic rings. The molecule has 2 fully saturated rings. The molecule has 0 spiro atoms. The van der Waals surface area contributed by atoms with Crippen LogP contribution in [0.15, 0.2) is 60.7 Å². The van der Waals surface area contributed by atoms with Gasteiger partial charge in [-0.05, 0) is 54.8 Å². The molecule has 150 valence electrons. The van der Waals surface area contributed by atoms with E-state index in [0.717, 1.165) is 23.4 Å². The lowest BCUT2D eigenvalue weighted by Gasteiger charge is -2.41.